The van der Waals surface area contributed by atoms with Crippen molar-refractivity contribution in [3.05, 3.63) is 210 Å². The molecule has 0 spiro atoms. The van der Waals surface area contributed by atoms with Crippen molar-refractivity contribution in [2.24, 2.45) is 0 Å². The molecular formula is C46H31N3O. The monoisotopic (exact) mass is 641 g/mol. The van der Waals surface area contributed by atoms with Crippen molar-refractivity contribution >= 4 is 0 Å². The molecule has 0 atom stereocenters. The molecule has 0 aliphatic carbocycles. The van der Waals surface area contributed by atoms with Crippen LogP contribution in [0.5, 0.6) is 11.5 Å². The number of benzene rings is 6. The minimum atomic E-state index is -0.552. The van der Waals surface area contributed by atoms with Gasteiger partial charge in [0, 0.05) is 28.5 Å². The lowest BCUT2D eigenvalue weighted by Crippen LogP contribution is -2.34. The maximum Gasteiger partial charge on any atom is 0.160 e. The van der Waals surface area contributed by atoms with Gasteiger partial charge in [-0.25, -0.2) is 9.97 Å². The van der Waals surface area contributed by atoms with Crippen LogP contribution in [0.3, 0.4) is 0 Å². The van der Waals surface area contributed by atoms with E-state index in [4.69, 9.17) is 14.7 Å². The highest BCUT2D eigenvalue weighted by Crippen LogP contribution is 2.55. The zero-order valence-electron chi connectivity index (χ0n) is 27.1. The molecule has 0 radical (unpaired) electrons. The molecular weight excluding hydrogens is 611 g/mol. The van der Waals surface area contributed by atoms with Crippen LogP contribution in [-0.2, 0) is 5.41 Å². The SMILES string of the molecule is c1ccc(-c2nc(-c3cccc(-c4ccc(C5(c6ccccc6)c6ccccc6Oc6ccccc65)cc4)c3)cc(-c3ccccn3)n2)cc1. The van der Waals surface area contributed by atoms with Crippen molar-refractivity contribution in [1.29, 1.82) is 0 Å². The summed E-state index contributed by atoms with van der Waals surface area (Å²) in [5, 5.41) is 0. The number of aromatic nitrogens is 3. The summed E-state index contributed by atoms with van der Waals surface area (Å²) in [6, 6.07) is 63.1. The maximum absolute atomic E-state index is 6.48. The second-order valence-electron chi connectivity index (χ2n) is 12.4. The Morgan fingerprint density at radius 3 is 1.66 bits per heavy atom. The van der Waals surface area contributed by atoms with Crippen molar-refractivity contribution in [2.45, 2.75) is 5.41 Å². The van der Waals surface area contributed by atoms with Gasteiger partial charge in [-0.15, -0.1) is 0 Å². The van der Waals surface area contributed by atoms with Gasteiger partial charge in [0.1, 0.15) is 11.5 Å². The molecule has 1 aliphatic heterocycles. The predicted molar refractivity (Wildman–Crippen MR) is 200 cm³/mol. The summed E-state index contributed by atoms with van der Waals surface area (Å²) in [4.78, 5) is 14.5. The van der Waals surface area contributed by atoms with Gasteiger partial charge in [0.05, 0.1) is 22.5 Å². The topological polar surface area (TPSA) is 47.9 Å². The van der Waals surface area contributed by atoms with Crippen LogP contribution >= 0.6 is 0 Å². The average Bonchev–Trinajstić information content (AvgIpc) is 3.21. The number of nitrogens with zero attached hydrogens (tertiary/aromatic N) is 3. The quantitative estimate of drug-likeness (QED) is 0.181. The second kappa shape index (κ2) is 12.4. The van der Waals surface area contributed by atoms with Crippen molar-refractivity contribution < 1.29 is 4.74 Å². The van der Waals surface area contributed by atoms with Crippen LogP contribution in [0, 0.1) is 0 Å². The number of hydrogen-bond donors (Lipinski definition) is 0. The first kappa shape index (κ1) is 29.5. The van der Waals surface area contributed by atoms with E-state index in [0.29, 0.717) is 5.82 Å². The van der Waals surface area contributed by atoms with E-state index in [9.17, 15) is 0 Å². The molecule has 1 aliphatic rings. The Morgan fingerprint density at radius 1 is 0.380 bits per heavy atom. The molecule has 6 aromatic carbocycles. The summed E-state index contributed by atoms with van der Waals surface area (Å²) in [6.45, 7) is 0. The van der Waals surface area contributed by atoms with E-state index >= 15 is 0 Å². The Kier molecular flexibility index (Phi) is 7.33. The largest absolute Gasteiger partial charge is 0.457 e. The average molecular weight is 642 g/mol. The normalized spacial score (nSPS) is 12.7. The summed E-state index contributed by atoms with van der Waals surface area (Å²) in [6.07, 6.45) is 1.79. The molecule has 50 heavy (non-hydrogen) atoms. The molecule has 8 aromatic rings. The highest BCUT2D eigenvalue weighted by atomic mass is 16.5. The molecule has 4 nitrogen and oxygen atoms in total. The van der Waals surface area contributed by atoms with E-state index in [1.807, 2.05) is 66.7 Å². The fraction of sp³-hybridized carbons (Fsp3) is 0.0217. The molecule has 0 bridgehead atoms. The Hall–Kier alpha value is -6.65. The van der Waals surface area contributed by atoms with Crippen LogP contribution < -0.4 is 4.74 Å². The molecule has 0 unspecified atom stereocenters. The molecule has 4 heteroatoms. The zero-order chi connectivity index (χ0) is 33.3. The van der Waals surface area contributed by atoms with Crippen molar-refractivity contribution in [3.63, 3.8) is 0 Å². The summed E-state index contributed by atoms with van der Waals surface area (Å²) >= 11 is 0. The lowest BCUT2D eigenvalue weighted by atomic mass is 9.63. The van der Waals surface area contributed by atoms with Gasteiger partial charge in [-0.2, -0.15) is 0 Å². The molecule has 9 rings (SSSR count). The Labute approximate surface area is 291 Å². The lowest BCUT2D eigenvalue weighted by Gasteiger charge is -2.41. The van der Waals surface area contributed by atoms with Gasteiger partial charge in [-0.05, 0) is 58.7 Å². The summed E-state index contributed by atoms with van der Waals surface area (Å²) in [5.41, 5.74) is 10.7. The number of pyridine rings is 1. The number of rotatable bonds is 6. The highest BCUT2D eigenvalue weighted by Gasteiger charge is 2.45. The van der Waals surface area contributed by atoms with Crippen LogP contribution in [0.1, 0.15) is 22.3 Å². The van der Waals surface area contributed by atoms with Crippen LogP contribution in [0.15, 0.2) is 188 Å². The van der Waals surface area contributed by atoms with E-state index in [1.165, 1.54) is 11.1 Å². The van der Waals surface area contributed by atoms with Gasteiger partial charge in [-0.3, -0.25) is 4.98 Å². The molecule has 0 fully saturated rings. The van der Waals surface area contributed by atoms with E-state index in [1.54, 1.807) is 6.20 Å². The van der Waals surface area contributed by atoms with E-state index in [2.05, 4.69) is 120 Å². The first-order chi connectivity index (χ1) is 24.8. The number of para-hydroxylation sites is 2. The zero-order valence-corrected chi connectivity index (χ0v) is 27.1. The highest BCUT2D eigenvalue weighted by molar-refractivity contribution is 5.76. The standard InChI is InChI=1S/C46H31N3O/c1-3-14-33(15-4-1)45-48-41(31-42(49-45)40-22-11-12-29-47-40)35-17-13-16-34(30-35)32-25-27-37(28-26-32)46(36-18-5-2-6-19-36)38-20-7-9-23-43(38)50-44-24-10-8-21-39(44)46/h1-31H. The Morgan fingerprint density at radius 2 is 0.960 bits per heavy atom. The molecule has 0 N–H and O–H groups in total. The van der Waals surface area contributed by atoms with Crippen LogP contribution in [0.2, 0.25) is 0 Å². The first-order valence-corrected chi connectivity index (χ1v) is 16.8. The minimum Gasteiger partial charge on any atom is -0.457 e. The van der Waals surface area contributed by atoms with Crippen LogP contribution in [0.4, 0.5) is 0 Å². The van der Waals surface area contributed by atoms with Crippen molar-refractivity contribution in [2.75, 3.05) is 0 Å². The van der Waals surface area contributed by atoms with Crippen LogP contribution in [-0.4, -0.2) is 15.0 Å². The second-order valence-corrected chi connectivity index (χ2v) is 12.4. The third-order valence-electron chi connectivity index (χ3n) is 9.50. The van der Waals surface area contributed by atoms with Crippen molar-refractivity contribution in [1.82, 2.24) is 15.0 Å². The summed E-state index contributed by atoms with van der Waals surface area (Å²) in [5.74, 6) is 2.41. The number of ether oxygens (including phenoxy) is 1. The van der Waals surface area contributed by atoms with Gasteiger partial charge < -0.3 is 4.74 Å². The molecule has 2 aromatic heterocycles. The maximum atomic E-state index is 6.48. The fourth-order valence-electron chi connectivity index (χ4n) is 7.20. The Bertz CT molecular complexity index is 2340. The fourth-order valence-corrected chi connectivity index (χ4v) is 7.20. The molecule has 0 saturated heterocycles. The molecule has 236 valence electrons. The van der Waals surface area contributed by atoms with E-state index < -0.39 is 5.41 Å². The number of fused-ring (bicyclic) bond motifs is 2. The van der Waals surface area contributed by atoms with Gasteiger partial charge in [0.2, 0.25) is 0 Å². The molecule has 3 heterocycles. The van der Waals surface area contributed by atoms with E-state index in [0.717, 1.165) is 62.0 Å². The smallest absolute Gasteiger partial charge is 0.160 e. The van der Waals surface area contributed by atoms with Crippen LogP contribution in [0.25, 0.3) is 45.2 Å². The predicted octanol–water partition coefficient (Wildman–Crippen LogP) is 11.0. The third-order valence-corrected chi connectivity index (χ3v) is 9.50. The Balaban J connectivity index is 1.16. The van der Waals surface area contributed by atoms with Gasteiger partial charge in [-0.1, -0.05) is 146 Å². The third kappa shape index (κ3) is 5.06. The first-order valence-electron chi connectivity index (χ1n) is 16.8. The lowest BCUT2D eigenvalue weighted by molar-refractivity contribution is 0.434. The van der Waals surface area contributed by atoms with Gasteiger partial charge in [0.25, 0.3) is 0 Å². The summed E-state index contributed by atoms with van der Waals surface area (Å²) in [7, 11) is 0. The van der Waals surface area contributed by atoms with E-state index in [-0.39, 0.29) is 0 Å². The van der Waals surface area contributed by atoms with Crippen molar-refractivity contribution in [3.8, 4) is 56.7 Å². The van der Waals surface area contributed by atoms with Gasteiger partial charge in [0.15, 0.2) is 5.82 Å². The number of hydrogen-bond acceptors (Lipinski definition) is 4. The minimum absolute atomic E-state index is 0.552. The summed E-state index contributed by atoms with van der Waals surface area (Å²) < 4.78 is 6.48. The molecule has 0 saturated carbocycles. The van der Waals surface area contributed by atoms with Gasteiger partial charge >= 0.3 is 0 Å². The molecule has 0 amide bonds.